The molecule has 5 nitrogen and oxygen atoms in total. The Morgan fingerprint density at radius 1 is 1.24 bits per heavy atom. The molecule has 0 aliphatic rings. The number of aromatic nitrogens is 3. The first-order valence-electron chi connectivity index (χ1n) is 6.84. The summed E-state index contributed by atoms with van der Waals surface area (Å²) in [5, 5.41) is 12.4. The Balaban J connectivity index is 1.64. The van der Waals surface area contributed by atoms with Crippen LogP contribution in [0.25, 0.3) is 0 Å². The van der Waals surface area contributed by atoms with Gasteiger partial charge in [-0.15, -0.1) is 10.2 Å². The van der Waals surface area contributed by atoms with E-state index in [0.29, 0.717) is 30.8 Å². The standard InChI is InChI=1S/C15H9BrCl2N4OS2/c16-9-4-8(5-19-6-9)13(23)20-14-21-22-15(25-14)24-7-10-11(17)2-1-3-12(10)18/h1-6H,7H2,(H,20,21,23). The Labute approximate surface area is 170 Å². The lowest BCUT2D eigenvalue weighted by atomic mass is 10.2. The maximum atomic E-state index is 12.2. The van der Waals surface area contributed by atoms with Crippen molar-refractivity contribution in [2.45, 2.75) is 10.1 Å². The van der Waals surface area contributed by atoms with Crippen LogP contribution in [-0.2, 0) is 5.75 Å². The molecule has 0 bridgehead atoms. The predicted molar refractivity (Wildman–Crippen MR) is 106 cm³/mol. The Kier molecular flexibility index (Phi) is 6.29. The van der Waals surface area contributed by atoms with Crippen molar-refractivity contribution in [2.24, 2.45) is 0 Å². The third-order valence-corrected chi connectivity index (χ3v) is 6.14. The summed E-state index contributed by atoms with van der Waals surface area (Å²) in [6, 6.07) is 7.06. The van der Waals surface area contributed by atoms with Crippen LogP contribution >= 0.6 is 62.2 Å². The summed E-state index contributed by atoms with van der Waals surface area (Å²) < 4.78 is 1.43. The molecule has 10 heteroatoms. The number of hydrogen-bond donors (Lipinski definition) is 1. The molecule has 2 aromatic heterocycles. The molecule has 1 N–H and O–H groups in total. The van der Waals surface area contributed by atoms with Gasteiger partial charge in [-0.1, -0.05) is 52.4 Å². The van der Waals surface area contributed by atoms with E-state index in [1.165, 1.54) is 29.3 Å². The number of benzene rings is 1. The van der Waals surface area contributed by atoms with Gasteiger partial charge in [0.25, 0.3) is 5.91 Å². The van der Waals surface area contributed by atoms with Gasteiger partial charge in [-0.05, 0) is 39.7 Å². The van der Waals surface area contributed by atoms with Crippen LogP contribution in [0.4, 0.5) is 5.13 Å². The Hall–Kier alpha value is -1.19. The Morgan fingerprint density at radius 3 is 2.72 bits per heavy atom. The van der Waals surface area contributed by atoms with E-state index in [4.69, 9.17) is 23.2 Å². The molecule has 0 aliphatic heterocycles. The third-order valence-electron chi connectivity index (χ3n) is 3.00. The first-order valence-corrected chi connectivity index (χ1v) is 10.2. The monoisotopic (exact) mass is 474 g/mol. The quantitative estimate of drug-likeness (QED) is 0.387. The highest BCUT2D eigenvalue weighted by Gasteiger charge is 2.13. The predicted octanol–water partition coefficient (Wildman–Crippen LogP) is 5.55. The summed E-state index contributed by atoms with van der Waals surface area (Å²) in [5.41, 5.74) is 1.28. The van der Waals surface area contributed by atoms with E-state index in [1.807, 2.05) is 0 Å². The molecule has 0 spiro atoms. The zero-order valence-electron chi connectivity index (χ0n) is 12.4. The van der Waals surface area contributed by atoms with E-state index in [0.717, 1.165) is 10.0 Å². The average Bonchev–Trinajstić information content (AvgIpc) is 3.02. The van der Waals surface area contributed by atoms with E-state index < -0.39 is 0 Å². The molecular formula is C15H9BrCl2N4OS2. The van der Waals surface area contributed by atoms with Gasteiger partial charge in [-0.3, -0.25) is 15.1 Å². The van der Waals surface area contributed by atoms with Gasteiger partial charge in [0.2, 0.25) is 5.13 Å². The van der Waals surface area contributed by atoms with E-state index in [9.17, 15) is 4.79 Å². The van der Waals surface area contributed by atoms with Gasteiger partial charge in [0.1, 0.15) is 0 Å². The molecule has 0 fully saturated rings. The molecule has 1 aromatic carbocycles. The third kappa shape index (κ3) is 4.92. The van der Waals surface area contributed by atoms with Gasteiger partial charge in [0, 0.05) is 32.7 Å². The van der Waals surface area contributed by atoms with Crippen molar-refractivity contribution < 1.29 is 4.79 Å². The van der Waals surface area contributed by atoms with Gasteiger partial charge in [-0.25, -0.2) is 0 Å². The molecule has 0 atom stereocenters. The fourth-order valence-electron chi connectivity index (χ4n) is 1.83. The first kappa shape index (κ1) is 18.6. The summed E-state index contributed by atoms with van der Waals surface area (Å²) in [6.45, 7) is 0. The van der Waals surface area contributed by atoms with Crippen LogP contribution in [0.2, 0.25) is 10.0 Å². The second kappa shape index (κ2) is 8.46. The fraction of sp³-hybridized carbons (Fsp3) is 0.0667. The number of carbonyl (C=O) groups is 1. The van der Waals surface area contributed by atoms with Crippen molar-refractivity contribution >= 4 is 73.3 Å². The molecule has 0 aliphatic carbocycles. The minimum Gasteiger partial charge on any atom is -0.296 e. The molecule has 1 amide bonds. The lowest BCUT2D eigenvalue weighted by Crippen LogP contribution is -2.11. The van der Waals surface area contributed by atoms with E-state index >= 15 is 0 Å². The van der Waals surface area contributed by atoms with Crippen LogP contribution in [-0.4, -0.2) is 21.1 Å². The number of hydrogen-bond acceptors (Lipinski definition) is 6. The average molecular weight is 476 g/mol. The van der Waals surface area contributed by atoms with Crippen LogP contribution in [0.3, 0.4) is 0 Å². The van der Waals surface area contributed by atoms with Crippen molar-refractivity contribution in [3.05, 3.63) is 62.3 Å². The number of thioether (sulfide) groups is 1. The van der Waals surface area contributed by atoms with E-state index in [1.54, 1.807) is 30.5 Å². The number of anilines is 1. The molecule has 0 saturated heterocycles. The summed E-state index contributed by atoms with van der Waals surface area (Å²) in [7, 11) is 0. The van der Waals surface area contributed by atoms with Gasteiger partial charge in [0.05, 0.1) is 5.56 Å². The van der Waals surface area contributed by atoms with Crippen molar-refractivity contribution in [3.8, 4) is 0 Å². The molecule has 3 rings (SSSR count). The smallest absolute Gasteiger partial charge is 0.259 e. The number of nitrogens with one attached hydrogen (secondary N) is 1. The van der Waals surface area contributed by atoms with Crippen molar-refractivity contribution in [3.63, 3.8) is 0 Å². The van der Waals surface area contributed by atoms with E-state index in [-0.39, 0.29) is 5.91 Å². The largest absolute Gasteiger partial charge is 0.296 e. The lowest BCUT2D eigenvalue weighted by Gasteiger charge is -2.04. The van der Waals surface area contributed by atoms with Gasteiger partial charge >= 0.3 is 0 Å². The topological polar surface area (TPSA) is 67.8 Å². The summed E-state index contributed by atoms with van der Waals surface area (Å²) >= 11 is 18.3. The SMILES string of the molecule is O=C(Nc1nnc(SCc2c(Cl)cccc2Cl)s1)c1cncc(Br)c1. The minimum atomic E-state index is -0.296. The molecule has 128 valence electrons. The number of amides is 1. The zero-order valence-corrected chi connectivity index (χ0v) is 17.1. The maximum absolute atomic E-state index is 12.2. The Morgan fingerprint density at radius 2 is 2.00 bits per heavy atom. The van der Waals surface area contributed by atoms with Gasteiger partial charge in [0.15, 0.2) is 4.34 Å². The molecule has 3 aromatic rings. The number of pyridine rings is 1. The second-order valence-corrected chi connectivity index (χ2v) is 8.64. The van der Waals surface area contributed by atoms with Crippen molar-refractivity contribution in [2.75, 3.05) is 5.32 Å². The molecule has 0 saturated carbocycles. The molecular weight excluding hydrogens is 467 g/mol. The highest BCUT2D eigenvalue weighted by atomic mass is 79.9. The van der Waals surface area contributed by atoms with Crippen LogP contribution in [0, 0.1) is 0 Å². The summed E-state index contributed by atoms with van der Waals surface area (Å²) in [5.74, 6) is 0.270. The summed E-state index contributed by atoms with van der Waals surface area (Å²) in [4.78, 5) is 16.1. The van der Waals surface area contributed by atoms with Crippen molar-refractivity contribution in [1.29, 1.82) is 0 Å². The van der Waals surface area contributed by atoms with Crippen LogP contribution in [0.15, 0.2) is 45.5 Å². The molecule has 0 radical (unpaired) electrons. The minimum absolute atomic E-state index is 0.296. The van der Waals surface area contributed by atoms with Crippen LogP contribution in [0.1, 0.15) is 15.9 Å². The number of halogens is 3. The number of carbonyl (C=O) groups excluding carboxylic acids is 1. The Bertz CT molecular complexity index is 902. The summed E-state index contributed by atoms with van der Waals surface area (Å²) in [6.07, 6.45) is 3.09. The van der Waals surface area contributed by atoms with E-state index in [2.05, 4.69) is 36.4 Å². The fourth-order valence-corrected chi connectivity index (χ4v) is 4.68. The highest BCUT2D eigenvalue weighted by Crippen LogP contribution is 2.33. The van der Waals surface area contributed by atoms with Crippen LogP contribution < -0.4 is 5.32 Å². The zero-order chi connectivity index (χ0) is 17.8. The molecule has 0 unspecified atom stereocenters. The molecule has 25 heavy (non-hydrogen) atoms. The number of nitrogens with zero attached hydrogens (tertiary/aromatic N) is 3. The van der Waals surface area contributed by atoms with Gasteiger partial charge < -0.3 is 0 Å². The second-order valence-electron chi connectivity index (χ2n) is 4.71. The normalized spacial score (nSPS) is 10.7. The van der Waals surface area contributed by atoms with Crippen LogP contribution in [0.5, 0.6) is 0 Å². The van der Waals surface area contributed by atoms with Crippen molar-refractivity contribution in [1.82, 2.24) is 15.2 Å². The lowest BCUT2D eigenvalue weighted by molar-refractivity contribution is 0.102. The first-order chi connectivity index (χ1) is 12.0. The molecule has 2 heterocycles. The number of rotatable bonds is 5. The maximum Gasteiger partial charge on any atom is 0.259 e. The van der Waals surface area contributed by atoms with Gasteiger partial charge in [-0.2, -0.15) is 0 Å². The highest BCUT2D eigenvalue weighted by molar-refractivity contribution is 9.10.